The second-order valence-electron chi connectivity index (χ2n) is 6.93. The highest BCUT2D eigenvalue weighted by molar-refractivity contribution is 5.49. The second-order valence-corrected chi connectivity index (χ2v) is 6.93. The van der Waals surface area contributed by atoms with Crippen LogP contribution in [0.2, 0.25) is 0 Å². The molecule has 2 heterocycles. The molecule has 2 aromatic carbocycles. The van der Waals surface area contributed by atoms with Crippen molar-refractivity contribution in [3.05, 3.63) is 59.7 Å². The van der Waals surface area contributed by atoms with E-state index in [0.717, 1.165) is 25.3 Å². The first-order valence-electron chi connectivity index (χ1n) is 9.16. The Morgan fingerprint density at radius 3 is 2.20 bits per heavy atom. The summed E-state index contributed by atoms with van der Waals surface area (Å²) < 4.78 is 5.89. The number of anilines is 1. The van der Waals surface area contributed by atoms with Crippen LogP contribution in [-0.4, -0.2) is 32.3 Å². The predicted octanol–water partition coefficient (Wildman–Crippen LogP) is 0.735. The molecule has 0 amide bonds. The molecular weight excluding hydrogens is 332 g/mol. The number of hydrogen-bond acceptors (Lipinski definition) is 3. The van der Waals surface area contributed by atoms with Gasteiger partial charge in [0.05, 0.1) is 0 Å². The van der Waals surface area contributed by atoms with Crippen LogP contribution >= 0.6 is 0 Å². The van der Waals surface area contributed by atoms with E-state index in [-0.39, 0.29) is 13.8 Å². The molecule has 0 unspecified atom stereocenters. The molecule has 4 rings (SSSR count). The third-order valence-corrected chi connectivity index (χ3v) is 5.10. The third-order valence-electron chi connectivity index (χ3n) is 5.10. The number of hydrogen-bond donors (Lipinski definition) is 1. The fourth-order valence-corrected chi connectivity index (χ4v) is 3.43. The fraction of sp³-hybridized carbons (Fsp3) is 0.429. The largest absolute Gasteiger partial charge is 1.00 e. The van der Waals surface area contributed by atoms with Crippen LogP contribution in [0.1, 0.15) is 31.8 Å². The molecule has 2 fully saturated rings. The summed E-state index contributed by atoms with van der Waals surface area (Å²) in [6, 6.07) is 18.1. The molecule has 2 aromatic rings. The van der Waals surface area contributed by atoms with Crippen LogP contribution in [0, 0.1) is 0 Å². The van der Waals surface area contributed by atoms with Gasteiger partial charge in [0.1, 0.15) is 12.4 Å². The molecule has 2 saturated heterocycles. The zero-order chi connectivity index (χ0) is 16.2. The van der Waals surface area contributed by atoms with Gasteiger partial charge in [-0.3, -0.25) is 0 Å². The molecule has 4 heteroatoms. The number of rotatable bonds is 6. The van der Waals surface area contributed by atoms with E-state index in [9.17, 15) is 0 Å². The molecule has 3 nitrogen and oxygen atoms in total. The van der Waals surface area contributed by atoms with Crippen LogP contribution in [0.15, 0.2) is 48.5 Å². The predicted molar refractivity (Wildman–Crippen MR) is 100 cm³/mol. The van der Waals surface area contributed by atoms with Gasteiger partial charge in [0.15, 0.2) is 0 Å². The maximum atomic E-state index is 5.89. The van der Waals surface area contributed by atoms with Crippen LogP contribution < -0.4 is 27.4 Å². The molecule has 0 radical (unpaired) electrons. The summed E-state index contributed by atoms with van der Waals surface area (Å²) in [5, 5.41) is 3.46. The van der Waals surface area contributed by atoms with E-state index in [2.05, 4.69) is 58.7 Å². The standard InChI is InChI=1S/C21H26N2O.ClH/c1-3-19(22-12-1)16-24-21-10-6-18(7-11-21)15-17-4-8-20(9-5-17)23-13-2-14-23;/h4-11,19,22H,1-3,12-16H2;1H/t19-;/m0./s1. The van der Waals surface area contributed by atoms with Crippen LogP contribution in [-0.2, 0) is 6.42 Å². The van der Waals surface area contributed by atoms with Crippen molar-refractivity contribution < 1.29 is 18.6 Å². The monoisotopic (exact) mass is 358 g/mol. The molecule has 0 bridgehead atoms. The van der Waals surface area contributed by atoms with Gasteiger partial charge in [-0.1, -0.05) is 24.3 Å². The lowest BCUT2D eigenvalue weighted by Gasteiger charge is -2.33. The van der Waals surface area contributed by atoms with E-state index < -0.39 is 0 Å². The van der Waals surface area contributed by atoms with Crippen molar-refractivity contribution in [1.29, 1.82) is 0 Å². The van der Waals surface area contributed by atoms with Gasteiger partial charge in [0.25, 0.3) is 0 Å². The second kappa shape index (κ2) is 8.59. The summed E-state index contributed by atoms with van der Waals surface area (Å²) in [4.78, 5) is 2.43. The van der Waals surface area contributed by atoms with Crippen molar-refractivity contribution in [1.82, 2.24) is 5.32 Å². The third kappa shape index (κ3) is 4.68. The smallest absolute Gasteiger partial charge is 1.00 e. The Hall–Kier alpha value is -1.71. The van der Waals surface area contributed by atoms with E-state index in [1.807, 2.05) is 0 Å². The quantitative estimate of drug-likeness (QED) is 0.824. The van der Waals surface area contributed by atoms with Gasteiger partial charge in [-0.15, -0.1) is 0 Å². The molecular formula is C21H27ClN2O. The molecule has 0 aliphatic carbocycles. The topological polar surface area (TPSA) is 24.5 Å². The summed E-state index contributed by atoms with van der Waals surface area (Å²) in [6.45, 7) is 4.31. The number of benzene rings is 2. The average Bonchev–Trinajstić information content (AvgIpc) is 3.08. The zero-order valence-electron chi connectivity index (χ0n) is 15.6. The zero-order valence-corrected chi connectivity index (χ0v) is 15.3. The summed E-state index contributed by atoms with van der Waals surface area (Å²) in [5.74, 6) is 0.973. The Balaban J connectivity index is 0.00000121. The van der Waals surface area contributed by atoms with Crippen LogP contribution in [0.4, 0.5) is 5.69 Å². The Labute approximate surface area is 158 Å². The highest BCUT2D eigenvalue weighted by Gasteiger charge is 2.15. The van der Waals surface area contributed by atoms with Crippen molar-refractivity contribution in [2.75, 3.05) is 31.1 Å². The van der Waals surface area contributed by atoms with Crippen molar-refractivity contribution in [3.8, 4) is 5.75 Å². The van der Waals surface area contributed by atoms with Gasteiger partial charge in [0.2, 0.25) is 0 Å². The molecule has 2 aliphatic rings. The van der Waals surface area contributed by atoms with Gasteiger partial charge in [0, 0.05) is 24.8 Å². The Morgan fingerprint density at radius 2 is 1.64 bits per heavy atom. The van der Waals surface area contributed by atoms with E-state index in [0.29, 0.717) is 6.04 Å². The molecule has 2 aliphatic heterocycles. The maximum absolute atomic E-state index is 5.89. The van der Waals surface area contributed by atoms with Crippen LogP contribution in [0.25, 0.3) is 0 Å². The number of nitrogens with zero attached hydrogens (tertiary/aromatic N) is 1. The molecule has 1 N–H and O–H groups in total. The van der Waals surface area contributed by atoms with E-state index in [4.69, 9.17) is 4.74 Å². The molecule has 1 atom stereocenters. The molecule has 0 saturated carbocycles. The summed E-state index contributed by atoms with van der Waals surface area (Å²) in [5.41, 5.74) is 4.05. The first-order valence-corrected chi connectivity index (χ1v) is 9.16. The summed E-state index contributed by atoms with van der Waals surface area (Å²) in [6.07, 6.45) is 4.80. The minimum Gasteiger partial charge on any atom is -1.00 e. The van der Waals surface area contributed by atoms with Crippen molar-refractivity contribution >= 4 is 5.69 Å². The average molecular weight is 359 g/mol. The van der Waals surface area contributed by atoms with Crippen molar-refractivity contribution in [2.24, 2.45) is 0 Å². The Bertz CT molecular complexity index is 653. The Morgan fingerprint density at radius 1 is 0.960 bits per heavy atom. The summed E-state index contributed by atoms with van der Waals surface area (Å²) >= 11 is 0. The number of ether oxygens (including phenoxy) is 1. The van der Waals surface area contributed by atoms with Gasteiger partial charge in [-0.25, -0.2) is 0 Å². The SMILES string of the molecule is [Cl-].[H+].c1cc(OC[C@@H]2CCCN2)ccc1Cc1ccc(N2CCC2)cc1. The van der Waals surface area contributed by atoms with Gasteiger partial charge >= 0.3 is 1.43 Å². The van der Waals surface area contributed by atoms with Crippen molar-refractivity contribution in [2.45, 2.75) is 31.7 Å². The van der Waals surface area contributed by atoms with E-state index in [1.165, 1.54) is 49.2 Å². The van der Waals surface area contributed by atoms with Gasteiger partial charge < -0.3 is 27.4 Å². The summed E-state index contributed by atoms with van der Waals surface area (Å²) in [7, 11) is 0. The lowest BCUT2D eigenvalue weighted by Crippen LogP contribution is -3.00. The first kappa shape index (κ1) is 18.1. The number of nitrogens with one attached hydrogen (secondary N) is 1. The Kier molecular flexibility index (Phi) is 6.22. The highest BCUT2D eigenvalue weighted by atomic mass is 35.5. The van der Waals surface area contributed by atoms with Gasteiger partial charge in [-0.05, 0) is 67.6 Å². The van der Waals surface area contributed by atoms with Crippen molar-refractivity contribution in [3.63, 3.8) is 0 Å². The molecule has 0 aromatic heterocycles. The van der Waals surface area contributed by atoms with E-state index in [1.54, 1.807) is 0 Å². The maximum Gasteiger partial charge on any atom is 1.00 e. The molecule has 25 heavy (non-hydrogen) atoms. The lowest BCUT2D eigenvalue weighted by molar-refractivity contribution is -0.00000523. The molecule has 134 valence electrons. The van der Waals surface area contributed by atoms with Crippen LogP contribution in [0.5, 0.6) is 5.75 Å². The van der Waals surface area contributed by atoms with E-state index >= 15 is 0 Å². The fourth-order valence-electron chi connectivity index (χ4n) is 3.43. The number of halogens is 1. The van der Waals surface area contributed by atoms with Gasteiger partial charge in [-0.2, -0.15) is 0 Å². The van der Waals surface area contributed by atoms with Crippen LogP contribution in [0.3, 0.4) is 0 Å². The first-order chi connectivity index (χ1) is 11.9. The minimum atomic E-state index is 0. The molecule has 0 spiro atoms. The minimum absolute atomic E-state index is 0. The highest BCUT2D eigenvalue weighted by Crippen LogP contribution is 2.22. The normalized spacial score (nSPS) is 19.2. The lowest BCUT2D eigenvalue weighted by atomic mass is 10.0.